The third-order valence-corrected chi connectivity index (χ3v) is 5.99. The van der Waals surface area contributed by atoms with Gasteiger partial charge in [0.1, 0.15) is 0 Å². The van der Waals surface area contributed by atoms with Crippen LogP contribution in [0.2, 0.25) is 0 Å². The molecule has 1 aliphatic heterocycles. The number of primary amides is 1. The molecule has 1 heterocycles. The minimum atomic E-state index is -0.574. The average molecular weight is 488 g/mol. The Kier molecular flexibility index (Phi) is 7.84. The minimum absolute atomic E-state index is 0.124. The summed E-state index contributed by atoms with van der Waals surface area (Å²) in [6, 6.07) is 24.6. The van der Waals surface area contributed by atoms with Crippen LogP contribution < -0.4 is 15.2 Å². The van der Waals surface area contributed by atoms with Crippen LogP contribution in [0.1, 0.15) is 18.1 Å². The van der Waals surface area contributed by atoms with Gasteiger partial charge in [-0.05, 0) is 60.2 Å². The van der Waals surface area contributed by atoms with Crippen LogP contribution in [0.3, 0.4) is 0 Å². The molecule has 0 radical (unpaired) electrons. The van der Waals surface area contributed by atoms with E-state index >= 15 is 0 Å². The summed E-state index contributed by atoms with van der Waals surface area (Å²) in [7, 11) is 0. The van der Waals surface area contributed by atoms with Gasteiger partial charge in [-0.2, -0.15) is 0 Å². The van der Waals surface area contributed by atoms with Crippen molar-refractivity contribution in [1.29, 1.82) is 0 Å². The lowest BCUT2D eigenvalue weighted by atomic mass is 10.1. The van der Waals surface area contributed by atoms with Gasteiger partial charge in [-0.1, -0.05) is 54.6 Å². The number of nitrogens with zero attached hydrogens (tertiary/aromatic N) is 2. The van der Waals surface area contributed by atoms with Crippen molar-refractivity contribution in [3.63, 3.8) is 0 Å². The van der Waals surface area contributed by atoms with Crippen molar-refractivity contribution >= 4 is 40.5 Å². The molecule has 0 aromatic heterocycles. The first-order valence-electron chi connectivity index (χ1n) is 11.1. The van der Waals surface area contributed by atoms with Crippen LogP contribution in [-0.2, 0) is 16.1 Å². The smallest absolute Gasteiger partial charge is 0.267 e. The molecular weight excluding hydrogens is 462 g/mol. The van der Waals surface area contributed by atoms with Crippen molar-refractivity contribution in [2.24, 2.45) is 10.7 Å². The third-order valence-electron chi connectivity index (χ3n) is 4.99. The Morgan fingerprint density at radius 3 is 2.40 bits per heavy atom. The molecule has 35 heavy (non-hydrogen) atoms. The molecule has 3 aromatic carbocycles. The molecule has 0 saturated carbocycles. The first-order chi connectivity index (χ1) is 17.0. The van der Waals surface area contributed by atoms with Crippen LogP contribution in [-0.4, -0.2) is 35.1 Å². The molecule has 1 fully saturated rings. The SMILES string of the molecule is CCOc1cc(/C=C2/SC(=Nc3ccccc3)N(Cc3ccccc3)C2=O)ccc1OCC(N)=O. The zero-order valence-electron chi connectivity index (χ0n) is 19.2. The number of thioether (sulfide) groups is 1. The van der Waals surface area contributed by atoms with Gasteiger partial charge in [-0.25, -0.2) is 4.99 Å². The molecule has 0 atom stereocenters. The van der Waals surface area contributed by atoms with E-state index in [-0.39, 0.29) is 12.5 Å². The molecule has 0 unspecified atom stereocenters. The van der Waals surface area contributed by atoms with Gasteiger partial charge in [0.15, 0.2) is 23.3 Å². The zero-order chi connectivity index (χ0) is 24.6. The number of amidine groups is 1. The van der Waals surface area contributed by atoms with Gasteiger partial charge in [0.25, 0.3) is 11.8 Å². The Balaban J connectivity index is 1.65. The maximum absolute atomic E-state index is 13.4. The second kappa shape index (κ2) is 11.4. The van der Waals surface area contributed by atoms with Crippen molar-refractivity contribution in [1.82, 2.24) is 4.90 Å². The van der Waals surface area contributed by atoms with Gasteiger partial charge in [0.2, 0.25) is 0 Å². The molecule has 3 aromatic rings. The van der Waals surface area contributed by atoms with Gasteiger partial charge < -0.3 is 15.2 Å². The van der Waals surface area contributed by atoms with Crippen LogP contribution >= 0.6 is 11.8 Å². The highest BCUT2D eigenvalue weighted by atomic mass is 32.2. The standard InChI is InChI=1S/C27H25N3O4S/c1-2-33-23-15-20(13-14-22(23)34-18-25(28)31)16-24-26(32)30(17-19-9-5-3-6-10-19)27(35-24)29-21-11-7-4-8-12-21/h3-16H,2,17-18H2,1H3,(H2,28,31)/b24-16+,29-27?. The molecule has 0 bridgehead atoms. The number of hydrogen-bond donors (Lipinski definition) is 1. The Hall–Kier alpha value is -4.04. The van der Waals surface area contributed by atoms with Gasteiger partial charge in [-0.3, -0.25) is 14.5 Å². The fourth-order valence-electron chi connectivity index (χ4n) is 3.41. The number of carbonyl (C=O) groups is 2. The van der Waals surface area contributed by atoms with Gasteiger partial charge in [-0.15, -0.1) is 0 Å². The summed E-state index contributed by atoms with van der Waals surface area (Å²) in [6.45, 7) is 2.44. The second-order valence-electron chi connectivity index (χ2n) is 7.61. The highest BCUT2D eigenvalue weighted by Gasteiger charge is 2.33. The lowest BCUT2D eigenvalue weighted by Gasteiger charge is -2.15. The number of aliphatic imine (C=N–C) groups is 1. The summed E-state index contributed by atoms with van der Waals surface area (Å²) in [5, 5.41) is 0.614. The predicted molar refractivity (Wildman–Crippen MR) is 138 cm³/mol. The number of para-hydroxylation sites is 1. The highest BCUT2D eigenvalue weighted by Crippen LogP contribution is 2.36. The number of amides is 2. The Labute approximate surface area is 208 Å². The summed E-state index contributed by atoms with van der Waals surface area (Å²) in [5.41, 5.74) is 7.73. The number of hydrogen-bond acceptors (Lipinski definition) is 6. The van der Waals surface area contributed by atoms with Crippen LogP contribution in [0.4, 0.5) is 5.69 Å². The predicted octanol–water partition coefficient (Wildman–Crippen LogP) is 4.75. The number of ether oxygens (including phenoxy) is 2. The van der Waals surface area contributed by atoms with E-state index in [4.69, 9.17) is 20.2 Å². The summed E-state index contributed by atoms with van der Waals surface area (Å²) in [6.07, 6.45) is 1.80. The first-order valence-corrected chi connectivity index (χ1v) is 11.9. The van der Waals surface area contributed by atoms with E-state index in [1.165, 1.54) is 11.8 Å². The summed E-state index contributed by atoms with van der Waals surface area (Å²) in [5.74, 6) is 0.184. The number of rotatable bonds is 9. The number of nitrogens with two attached hydrogens (primary N) is 1. The van der Waals surface area contributed by atoms with Gasteiger partial charge in [0, 0.05) is 0 Å². The van der Waals surface area contributed by atoms with Crippen molar-refractivity contribution in [3.8, 4) is 11.5 Å². The molecule has 4 rings (SSSR count). The second-order valence-corrected chi connectivity index (χ2v) is 8.62. The molecule has 178 valence electrons. The van der Waals surface area contributed by atoms with Crippen molar-refractivity contribution < 1.29 is 19.1 Å². The number of benzene rings is 3. The van der Waals surface area contributed by atoms with Crippen LogP contribution in [0.15, 0.2) is 88.8 Å². The van der Waals surface area contributed by atoms with E-state index in [1.807, 2.05) is 67.6 Å². The summed E-state index contributed by atoms with van der Waals surface area (Å²) >= 11 is 1.33. The van der Waals surface area contributed by atoms with Gasteiger partial charge in [0.05, 0.1) is 23.7 Å². The Morgan fingerprint density at radius 1 is 1.00 bits per heavy atom. The molecule has 1 aliphatic rings. The quantitative estimate of drug-likeness (QED) is 0.440. The normalized spacial score (nSPS) is 15.6. The average Bonchev–Trinajstić information content (AvgIpc) is 3.13. The Morgan fingerprint density at radius 2 is 1.71 bits per heavy atom. The van der Waals surface area contributed by atoms with E-state index in [2.05, 4.69) is 0 Å². The maximum atomic E-state index is 13.4. The van der Waals surface area contributed by atoms with E-state index in [0.29, 0.717) is 34.7 Å². The van der Waals surface area contributed by atoms with Gasteiger partial charge >= 0.3 is 0 Å². The lowest BCUT2D eigenvalue weighted by Crippen LogP contribution is -2.28. The van der Waals surface area contributed by atoms with Crippen LogP contribution in [0.5, 0.6) is 11.5 Å². The molecule has 7 nitrogen and oxygen atoms in total. The van der Waals surface area contributed by atoms with Crippen LogP contribution in [0, 0.1) is 0 Å². The molecular formula is C27H25N3O4S. The monoisotopic (exact) mass is 487 g/mol. The fourth-order valence-corrected chi connectivity index (χ4v) is 4.41. The molecule has 1 saturated heterocycles. The number of carbonyl (C=O) groups excluding carboxylic acids is 2. The minimum Gasteiger partial charge on any atom is -0.490 e. The van der Waals surface area contributed by atoms with E-state index in [9.17, 15) is 9.59 Å². The molecule has 0 aliphatic carbocycles. The molecule has 2 amide bonds. The van der Waals surface area contributed by atoms with E-state index < -0.39 is 5.91 Å². The van der Waals surface area contributed by atoms with Crippen molar-refractivity contribution in [2.45, 2.75) is 13.5 Å². The zero-order valence-corrected chi connectivity index (χ0v) is 20.0. The highest BCUT2D eigenvalue weighted by molar-refractivity contribution is 8.18. The fraction of sp³-hybridized carbons (Fsp3) is 0.148. The molecule has 2 N–H and O–H groups in total. The van der Waals surface area contributed by atoms with Crippen LogP contribution in [0.25, 0.3) is 6.08 Å². The molecule has 0 spiro atoms. The first kappa shape index (κ1) is 24.1. The van der Waals surface area contributed by atoms with Crippen molar-refractivity contribution in [3.05, 3.63) is 94.9 Å². The molecule has 8 heteroatoms. The summed E-state index contributed by atoms with van der Waals surface area (Å²) < 4.78 is 11.1. The Bertz CT molecular complexity index is 1260. The lowest BCUT2D eigenvalue weighted by molar-refractivity contribution is -0.122. The van der Waals surface area contributed by atoms with E-state index in [1.54, 1.807) is 29.2 Å². The van der Waals surface area contributed by atoms with Crippen molar-refractivity contribution in [2.75, 3.05) is 13.2 Å². The maximum Gasteiger partial charge on any atom is 0.267 e. The topological polar surface area (TPSA) is 94.2 Å². The third kappa shape index (κ3) is 6.30. The summed E-state index contributed by atoms with van der Waals surface area (Å²) in [4.78, 5) is 31.5. The van der Waals surface area contributed by atoms with E-state index in [0.717, 1.165) is 16.8 Å². The largest absolute Gasteiger partial charge is 0.490 e.